The fourth-order valence-electron chi connectivity index (χ4n) is 4.79. The van der Waals surface area contributed by atoms with E-state index in [4.69, 9.17) is 0 Å². The smallest absolute Gasteiger partial charge is 0.263 e. The van der Waals surface area contributed by atoms with E-state index in [2.05, 4.69) is 41.3 Å². The van der Waals surface area contributed by atoms with E-state index in [1.165, 1.54) is 26.5 Å². The van der Waals surface area contributed by atoms with Crippen LogP contribution in [0.1, 0.15) is 60.5 Å². The van der Waals surface area contributed by atoms with Gasteiger partial charge in [0.1, 0.15) is 0 Å². The maximum absolute atomic E-state index is 13.5. The fraction of sp³-hybridized carbons (Fsp3) is 0.583. The van der Waals surface area contributed by atoms with Gasteiger partial charge in [-0.2, -0.15) is 9.40 Å². The van der Waals surface area contributed by atoms with Crippen LogP contribution in [0.4, 0.5) is 5.69 Å². The highest BCUT2D eigenvalue weighted by Crippen LogP contribution is 2.27. The molecule has 2 fully saturated rings. The minimum absolute atomic E-state index is 0.105. The Bertz CT molecular complexity index is 1100. The number of nitrogens with zero attached hydrogens (tertiary/aromatic N) is 4. The molecular weight excluding hydrogens is 438 g/mol. The molecule has 0 spiro atoms. The van der Waals surface area contributed by atoms with Crippen LogP contribution in [0.25, 0.3) is 0 Å². The molecule has 1 saturated heterocycles. The summed E-state index contributed by atoms with van der Waals surface area (Å²) >= 11 is 0. The molecule has 1 amide bonds. The van der Waals surface area contributed by atoms with E-state index in [0.717, 1.165) is 31.4 Å². The standard InChI is InChI=1S/C24H35N5O3S/c1-4-28-17-21(23(30)25-20-10-6-5-7-11-20)24(26-28)33(31,32)29-15-13-27(14-16-29)22-12-8-9-18(2)19(22)3/h8-9,12,17,20H,4-7,10-11,13-16H2,1-3H3,(H,25,30). The first-order valence-electron chi connectivity index (χ1n) is 12.0. The number of carbonyl (C=O) groups is 1. The van der Waals surface area contributed by atoms with Crippen molar-refractivity contribution in [1.82, 2.24) is 19.4 Å². The normalized spacial score (nSPS) is 18.5. The zero-order chi connectivity index (χ0) is 23.6. The lowest BCUT2D eigenvalue weighted by molar-refractivity contribution is 0.0924. The fourth-order valence-corrected chi connectivity index (χ4v) is 6.31. The van der Waals surface area contributed by atoms with Crippen LogP contribution < -0.4 is 10.2 Å². The van der Waals surface area contributed by atoms with Crippen molar-refractivity contribution in [2.45, 2.75) is 70.5 Å². The van der Waals surface area contributed by atoms with Crippen molar-refractivity contribution in [1.29, 1.82) is 0 Å². The van der Waals surface area contributed by atoms with Crippen molar-refractivity contribution in [3.8, 4) is 0 Å². The lowest BCUT2D eigenvalue weighted by Gasteiger charge is -2.36. The molecule has 9 heteroatoms. The van der Waals surface area contributed by atoms with Gasteiger partial charge in [-0.25, -0.2) is 8.42 Å². The number of sulfonamides is 1. The summed E-state index contributed by atoms with van der Waals surface area (Å²) in [7, 11) is -3.88. The number of aryl methyl sites for hydroxylation is 2. The Labute approximate surface area is 197 Å². The Morgan fingerprint density at radius 3 is 2.45 bits per heavy atom. The second-order valence-electron chi connectivity index (χ2n) is 9.12. The van der Waals surface area contributed by atoms with Crippen LogP contribution >= 0.6 is 0 Å². The van der Waals surface area contributed by atoms with E-state index in [1.807, 2.05) is 13.0 Å². The van der Waals surface area contributed by atoms with Crippen molar-refractivity contribution < 1.29 is 13.2 Å². The van der Waals surface area contributed by atoms with Gasteiger partial charge in [0.15, 0.2) is 0 Å². The summed E-state index contributed by atoms with van der Waals surface area (Å²) in [6.45, 7) is 8.49. The molecule has 1 aromatic carbocycles. The number of carbonyl (C=O) groups excluding carboxylic acids is 1. The summed E-state index contributed by atoms with van der Waals surface area (Å²) in [4.78, 5) is 15.3. The predicted octanol–water partition coefficient (Wildman–Crippen LogP) is 3.09. The molecule has 2 heterocycles. The largest absolute Gasteiger partial charge is 0.369 e. The van der Waals surface area contributed by atoms with Gasteiger partial charge < -0.3 is 10.2 Å². The minimum Gasteiger partial charge on any atom is -0.369 e. The number of hydrogen-bond donors (Lipinski definition) is 1. The van der Waals surface area contributed by atoms with Gasteiger partial charge in [-0.15, -0.1) is 0 Å². The molecule has 1 aromatic heterocycles. The van der Waals surface area contributed by atoms with E-state index in [0.29, 0.717) is 32.7 Å². The number of anilines is 1. The van der Waals surface area contributed by atoms with Crippen LogP contribution in [-0.2, 0) is 16.6 Å². The Morgan fingerprint density at radius 2 is 1.79 bits per heavy atom. The van der Waals surface area contributed by atoms with E-state index in [9.17, 15) is 13.2 Å². The highest BCUT2D eigenvalue weighted by Gasteiger charge is 2.35. The molecule has 2 aliphatic rings. The van der Waals surface area contributed by atoms with Gasteiger partial charge in [0.2, 0.25) is 5.03 Å². The molecule has 0 unspecified atom stereocenters. The van der Waals surface area contributed by atoms with Crippen LogP contribution in [0.2, 0.25) is 0 Å². The van der Waals surface area contributed by atoms with Gasteiger partial charge in [0.05, 0.1) is 5.56 Å². The molecular formula is C24H35N5O3S. The highest BCUT2D eigenvalue weighted by atomic mass is 32.2. The van der Waals surface area contributed by atoms with Crippen molar-refractivity contribution in [2.75, 3.05) is 31.1 Å². The molecule has 1 N–H and O–H groups in total. The predicted molar refractivity (Wildman–Crippen MR) is 129 cm³/mol. The summed E-state index contributed by atoms with van der Waals surface area (Å²) in [6, 6.07) is 6.31. The number of rotatable bonds is 6. The third-order valence-electron chi connectivity index (χ3n) is 6.98. The second-order valence-corrected chi connectivity index (χ2v) is 11.0. The quantitative estimate of drug-likeness (QED) is 0.697. The first-order valence-corrected chi connectivity index (χ1v) is 13.4. The molecule has 180 valence electrons. The summed E-state index contributed by atoms with van der Waals surface area (Å²) in [5.41, 5.74) is 3.74. The summed E-state index contributed by atoms with van der Waals surface area (Å²) in [5.74, 6) is -0.339. The topological polar surface area (TPSA) is 87.5 Å². The molecule has 0 radical (unpaired) electrons. The first-order chi connectivity index (χ1) is 15.8. The maximum Gasteiger partial charge on any atom is 0.263 e. The number of piperazine rings is 1. The molecule has 0 atom stereocenters. The maximum atomic E-state index is 13.5. The second kappa shape index (κ2) is 9.85. The number of aromatic nitrogens is 2. The number of hydrogen-bond acceptors (Lipinski definition) is 5. The van der Waals surface area contributed by atoms with Crippen molar-refractivity contribution >= 4 is 21.6 Å². The first kappa shape index (κ1) is 23.8. The van der Waals surface area contributed by atoms with Crippen LogP contribution in [0.15, 0.2) is 29.4 Å². The van der Waals surface area contributed by atoms with Gasteiger partial charge in [0, 0.05) is 50.6 Å². The number of nitrogens with one attached hydrogen (secondary N) is 1. The van der Waals surface area contributed by atoms with E-state index < -0.39 is 10.0 Å². The molecule has 1 aliphatic heterocycles. The molecule has 4 rings (SSSR count). The van der Waals surface area contributed by atoms with E-state index >= 15 is 0 Å². The SMILES string of the molecule is CCn1cc(C(=O)NC2CCCCC2)c(S(=O)(=O)N2CCN(c3cccc(C)c3C)CC2)n1. The highest BCUT2D eigenvalue weighted by molar-refractivity contribution is 7.89. The van der Waals surface area contributed by atoms with E-state index in [-0.39, 0.29) is 22.5 Å². The van der Waals surface area contributed by atoms with Gasteiger partial charge in [-0.05, 0) is 50.8 Å². The summed E-state index contributed by atoms with van der Waals surface area (Å²) in [6.07, 6.45) is 6.82. The number of benzene rings is 1. The van der Waals surface area contributed by atoms with Crippen LogP contribution in [0.3, 0.4) is 0 Å². The lowest BCUT2D eigenvalue weighted by Crippen LogP contribution is -2.49. The van der Waals surface area contributed by atoms with Gasteiger partial charge in [-0.3, -0.25) is 9.48 Å². The zero-order valence-electron chi connectivity index (χ0n) is 19.9. The Hall–Kier alpha value is -2.39. The minimum atomic E-state index is -3.88. The van der Waals surface area contributed by atoms with Crippen molar-refractivity contribution in [2.24, 2.45) is 0 Å². The average molecular weight is 474 g/mol. The summed E-state index contributed by atoms with van der Waals surface area (Å²) < 4.78 is 30.1. The lowest BCUT2D eigenvalue weighted by atomic mass is 9.95. The Kier molecular flexibility index (Phi) is 7.09. The molecule has 8 nitrogen and oxygen atoms in total. The molecule has 1 aliphatic carbocycles. The van der Waals surface area contributed by atoms with Gasteiger partial charge >= 0.3 is 0 Å². The van der Waals surface area contributed by atoms with Crippen molar-refractivity contribution in [3.63, 3.8) is 0 Å². The average Bonchev–Trinajstić information content (AvgIpc) is 3.27. The monoisotopic (exact) mass is 473 g/mol. The van der Waals surface area contributed by atoms with Crippen LogP contribution in [0, 0.1) is 13.8 Å². The Balaban J connectivity index is 1.52. The molecule has 33 heavy (non-hydrogen) atoms. The molecule has 2 aromatic rings. The van der Waals surface area contributed by atoms with Gasteiger partial charge in [0.25, 0.3) is 15.9 Å². The number of amides is 1. The molecule has 0 bridgehead atoms. The third kappa shape index (κ3) is 4.94. The van der Waals surface area contributed by atoms with Crippen LogP contribution in [0.5, 0.6) is 0 Å². The zero-order valence-corrected chi connectivity index (χ0v) is 20.7. The Morgan fingerprint density at radius 1 is 1.09 bits per heavy atom. The van der Waals surface area contributed by atoms with E-state index in [1.54, 1.807) is 6.20 Å². The van der Waals surface area contributed by atoms with Crippen LogP contribution in [-0.4, -0.2) is 60.6 Å². The van der Waals surface area contributed by atoms with Crippen molar-refractivity contribution in [3.05, 3.63) is 41.1 Å². The summed E-state index contributed by atoms with van der Waals surface area (Å²) in [5, 5.41) is 7.22. The third-order valence-corrected chi connectivity index (χ3v) is 8.81. The molecule has 1 saturated carbocycles. The van der Waals surface area contributed by atoms with Gasteiger partial charge in [-0.1, -0.05) is 31.4 Å².